The minimum Gasteiger partial charge on any atom is -0.494 e. The smallest absolute Gasteiger partial charge is 0.264 e. The zero-order valence-electron chi connectivity index (χ0n) is 16.9. The van der Waals surface area contributed by atoms with Gasteiger partial charge in [-0.2, -0.15) is 0 Å². The van der Waals surface area contributed by atoms with Crippen molar-refractivity contribution in [3.05, 3.63) is 84.4 Å². The van der Waals surface area contributed by atoms with Crippen molar-refractivity contribution in [1.82, 2.24) is 0 Å². The molecule has 1 N–H and O–H groups in total. The van der Waals surface area contributed by atoms with Crippen molar-refractivity contribution >= 4 is 27.3 Å². The zero-order valence-corrected chi connectivity index (χ0v) is 17.7. The van der Waals surface area contributed by atoms with E-state index >= 15 is 0 Å². The van der Waals surface area contributed by atoms with Crippen LogP contribution < -0.4 is 14.4 Å². The van der Waals surface area contributed by atoms with E-state index < -0.39 is 10.0 Å². The Morgan fingerprint density at radius 2 is 1.53 bits per heavy atom. The van der Waals surface area contributed by atoms with Crippen molar-refractivity contribution in [3.63, 3.8) is 0 Å². The molecule has 1 amide bonds. The van der Waals surface area contributed by atoms with Gasteiger partial charge in [0.1, 0.15) is 5.75 Å². The highest BCUT2D eigenvalue weighted by molar-refractivity contribution is 7.92. The highest BCUT2D eigenvalue weighted by Gasteiger charge is 2.23. The number of nitrogens with one attached hydrogen (secondary N) is 1. The molecule has 0 aromatic heterocycles. The molecule has 0 fully saturated rings. The molecule has 30 heavy (non-hydrogen) atoms. The molecule has 7 heteroatoms. The van der Waals surface area contributed by atoms with Gasteiger partial charge in [-0.1, -0.05) is 18.2 Å². The third-order valence-corrected chi connectivity index (χ3v) is 6.38. The number of hydrogen-bond donors (Lipinski definition) is 1. The number of rotatable bonds is 8. The minimum atomic E-state index is -3.67. The normalized spacial score (nSPS) is 11.0. The van der Waals surface area contributed by atoms with Gasteiger partial charge in [-0.05, 0) is 74.5 Å². The van der Waals surface area contributed by atoms with Gasteiger partial charge in [0.2, 0.25) is 0 Å². The van der Waals surface area contributed by atoms with Crippen molar-refractivity contribution in [2.24, 2.45) is 0 Å². The highest BCUT2D eigenvalue weighted by Crippen LogP contribution is 2.24. The fraction of sp³-hybridized carbons (Fsp3) is 0.174. The Bertz CT molecular complexity index is 1080. The average molecular weight is 425 g/mol. The van der Waals surface area contributed by atoms with Crippen molar-refractivity contribution in [2.75, 3.05) is 22.8 Å². The van der Waals surface area contributed by atoms with Gasteiger partial charge in [0.05, 0.1) is 17.2 Å². The quantitative estimate of drug-likeness (QED) is 0.575. The van der Waals surface area contributed by atoms with Crippen LogP contribution in [-0.4, -0.2) is 27.5 Å². The summed E-state index contributed by atoms with van der Waals surface area (Å²) in [4.78, 5) is 12.7. The molecule has 0 saturated heterocycles. The Balaban J connectivity index is 1.75. The van der Waals surface area contributed by atoms with E-state index in [1.807, 2.05) is 6.92 Å². The summed E-state index contributed by atoms with van der Waals surface area (Å²) < 4.78 is 32.6. The van der Waals surface area contributed by atoms with Crippen LogP contribution in [0.3, 0.4) is 0 Å². The van der Waals surface area contributed by atoms with Crippen LogP contribution in [0.2, 0.25) is 0 Å². The molecular formula is C23H24N2O4S. The Kier molecular flexibility index (Phi) is 6.74. The molecule has 0 atom stereocenters. The van der Waals surface area contributed by atoms with E-state index in [2.05, 4.69) is 5.32 Å². The predicted molar refractivity (Wildman–Crippen MR) is 119 cm³/mol. The summed E-state index contributed by atoms with van der Waals surface area (Å²) in [5.41, 5.74) is 1.58. The maximum absolute atomic E-state index is 12.9. The second-order valence-electron chi connectivity index (χ2n) is 6.44. The third kappa shape index (κ3) is 4.80. The van der Waals surface area contributed by atoms with Gasteiger partial charge in [-0.15, -0.1) is 0 Å². The molecule has 156 valence electrons. The number of sulfonamides is 1. The molecule has 0 heterocycles. The molecule has 0 radical (unpaired) electrons. The van der Waals surface area contributed by atoms with Crippen LogP contribution in [0, 0.1) is 0 Å². The average Bonchev–Trinajstić information content (AvgIpc) is 2.77. The summed E-state index contributed by atoms with van der Waals surface area (Å²) in [6.45, 7) is 4.53. The monoisotopic (exact) mass is 424 g/mol. The van der Waals surface area contributed by atoms with E-state index in [0.717, 1.165) is 5.75 Å². The molecule has 3 rings (SSSR count). The first kappa shape index (κ1) is 21.4. The minimum absolute atomic E-state index is 0.226. The van der Waals surface area contributed by atoms with Gasteiger partial charge in [-0.3, -0.25) is 9.10 Å². The largest absolute Gasteiger partial charge is 0.494 e. The van der Waals surface area contributed by atoms with Crippen molar-refractivity contribution in [2.45, 2.75) is 18.7 Å². The van der Waals surface area contributed by atoms with E-state index in [1.165, 1.54) is 4.31 Å². The Morgan fingerprint density at radius 3 is 2.10 bits per heavy atom. The van der Waals surface area contributed by atoms with Gasteiger partial charge in [0, 0.05) is 17.8 Å². The lowest BCUT2D eigenvalue weighted by Crippen LogP contribution is -2.30. The second kappa shape index (κ2) is 9.45. The van der Waals surface area contributed by atoms with Crippen LogP contribution in [0.5, 0.6) is 5.75 Å². The predicted octanol–water partition coefficient (Wildman–Crippen LogP) is 4.55. The van der Waals surface area contributed by atoms with Crippen molar-refractivity contribution < 1.29 is 17.9 Å². The van der Waals surface area contributed by atoms with Gasteiger partial charge in [0.25, 0.3) is 15.9 Å². The number of hydrogen-bond acceptors (Lipinski definition) is 4. The standard InChI is InChI=1S/C23H24N2O4S/c1-3-25(30(27,28)22-8-6-5-7-9-22)20-14-10-18(11-15-20)23(26)24-19-12-16-21(17-13-19)29-4-2/h5-17H,3-4H2,1-2H3,(H,24,26). The summed E-state index contributed by atoms with van der Waals surface area (Å²) in [6.07, 6.45) is 0. The third-order valence-electron chi connectivity index (χ3n) is 4.46. The number of carbonyl (C=O) groups is 1. The molecule has 0 aliphatic carbocycles. The second-order valence-corrected chi connectivity index (χ2v) is 8.30. The van der Waals surface area contributed by atoms with Gasteiger partial charge in [-0.25, -0.2) is 8.42 Å². The summed E-state index contributed by atoms with van der Waals surface area (Å²) in [5, 5.41) is 2.82. The van der Waals surface area contributed by atoms with Crippen LogP contribution in [0.1, 0.15) is 24.2 Å². The Morgan fingerprint density at radius 1 is 0.900 bits per heavy atom. The fourth-order valence-electron chi connectivity index (χ4n) is 2.99. The van der Waals surface area contributed by atoms with Crippen molar-refractivity contribution in [1.29, 1.82) is 0 Å². The maximum Gasteiger partial charge on any atom is 0.264 e. The SMILES string of the molecule is CCOc1ccc(NC(=O)c2ccc(N(CC)S(=O)(=O)c3ccccc3)cc2)cc1. The molecule has 3 aromatic carbocycles. The molecule has 0 spiro atoms. The van der Waals surface area contributed by atoms with Crippen LogP contribution in [-0.2, 0) is 10.0 Å². The Hall–Kier alpha value is -3.32. The topological polar surface area (TPSA) is 75.7 Å². The van der Waals surface area contributed by atoms with Crippen molar-refractivity contribution in [3.8, 4) is 5.75 Å². The van der Waals surface area contributed by atoms with Gasteiger partial charge >= 0.3 is 0 Å². The molecule has 3 aromatic rings. The van der Waals surface area contributed by atoms with Crippen LogP contribution >= 0.6 is 0 Å². The zero-order chi connectivity index (χ0) is 21.6. The van der Waals surface area contributed by atoms with Crippen LogP contribution in [0.25, 0.3) is 0 Å². The number of anilines is 2. The number of amides is 1. The maximum atomic E-state index is 12.9. The first-order chi connectivity index (χ1) is 14.5. The van der Waals surface area contributed by atoms with E-state index in [9.17, 15) is 13.2 Å². The number of benzene rings is 3. The number of carbonyl (C=O) groups excluding carboxylic acids is 1. The lowest BCUT2D eigenvalue weighted by molar-refractivity contribution is 0.102. The first-order valence-electron chi connectivity index (χ1n) is 9.67. The molecule has 0 aliphatic rings. The lowest BCUT2D eigenvalue weighted by Gasteiger charge is -2.23. The van der Waals surface area contributed by atoms with Crippen LogP contribution in [0.4, 0.5) is 11.4 Å². The molecular weight excluding hydrogens is 400 g/mol. The first-order valence-corrected chi connectivity index (χ1v) is 11.1. The number of ether oxygens (including phenoxy) is 1. The van der Waals surface area contributed by atoms with E-state index in [1.54, 1.807) is 85.8 Å². The lowest BCUT2D eigenvalue weighted by atomic mass is 10.2. The van der Waals surface area contributed by atoms with Gasteiger partial charge < -0.3 is 10.1 Å². The molecule has 0 aliphatic heterocycles. The van der Waals surface area contributed by atoms with E-state index in [4.69, 9.17) is 4.74 Å². The summed E-state index contributed by atoms with van der Waals surface area (Å²) in [6, 6.07) is 21.9. The molecule has 0 bridgehead atoms. The Labute approximate surface area is 177 Å². The molecule has 0 unspecified atom stereocenters. The molecule has 0 saturated carbocycles. The highest BCUT2D eigenvalue weighted by atomic mass is 32.2. The number of nitrogens with zero attached hydrogens (tertiary/aromatic N) is 1. The summed E-state index contributed by atoms with van der Waals surface area (Å²) >= 11 is 0. The van der Waals surface area contributed by atoms with Gasteiger partial charge in [0.15, 0.2) is 0 Å². The summed E-state index contributed by atoms with van der Waals surface area (Å²) in [5.74, 6) is 0.457. The fourth-order valence-corrected chi connectivity index (χ4v) is 4.49. The van der Waals surface area contributed by atoms with Crippen LogP contribution in [0.15, 0.2) is 83.8 Å². The van der Waals surface area contributed by atoms with E-state index in [-0.39, 0.29) is 17.3 Å². The van der Waals surface area contributed by atoms with E-state index in [0.29, 0.717) is 23.5 Å². The molecule has 6 nitrogen and oxygen atoms in total. The summed E-state index contributed by atoms with van der Waals surface area (Å²) in [7, 11) is -3.67.